The lowest BCUT2D eigenvalue weighted by atomic mass is 10.0. The fourth-order valence-corrected chi connectivity index (χ4v) is 2.24. The monoisotopic (exact) mass is 288 g/mol. The van der Waals surface area contributed by atoms with Crippen molar-refractivity contribution in [3.8, 4) is 5.88 Å². The first-order valence-electron chi connectivity index (χ1n) is 6.40. The van der Waals surface area contributed by atoms with E-state index in [1.807, 2.05) is 6.26 Å². The topological polar surface area (TPSA) is 35.0 Å². The Morgan fingerprint density at radius 1 is 1.39 bits per heavy atom. The summed E-state index contributed by atoms with van der Waals surface area (Å²) in [6.45, 7) is 5.12. The second-order valence-corrected chi connectivity index (χ2v) is 5.40. The zero-order valence-corrected chi connectivity index (χ0v) is 12.9. The molecule has 0 N–H and O–H groups in total. The molecule has 1 rings (SSSR count). The Morgan fingerprint density at radius 3 is 2.78 bits per heavy atom. The second kappa shape index (κ2) is 8.59. The molecule has 0 amide bonds. The SMILES string of the molecule is CCCCC(CC)COc1cc(Cl)nc(SC)n1. The van der Waals surface area contributed by atoms with Crippen LogP contribution in [0.1, 0.15) is 39.5 Å². The molecule has 0 aliphatic heterocycles. The van der Waals surface area contributed by atoms with Gasteiger partial charge in [0.1, 0.15) is 5.15 Å². The standard InChI is InChI=1S/C13H21ClN2OS/c1-4-6-7-10(5-2)9-17-12-8-11(14)15-13(16-12)18-3/h8,10H,4-7,9H2,1-3H3. The van der Waals surface area contributed by atoms with Gasteiger partial charge in [0.05, 0.1) is 6.61 Å². The summed E-state index contributed by atoms with van der Waals surface area (Å²) < 4.78 is 5.73. The molecule has 0 saturated carbocycles. The van der Waals surface area contributed by atoms with E-state index in [2.05, 4.69) is 23.8 Å². The number of nitrogens with zero attached hydrogens (tertiary/aromatic N) is 2. The summed E-state index contributed by atoms with van der Waals surface area (Å²) in [6.07, 6.45) is 6.75. The maximum absolute atomic E-state index is 5.92. The van der Waals surface area contributed by atoms with E-state index in [1.165, 1.54) is 31.0 Å². The predicted octanol–water partition coefficient (Wildman–Crippen LogP) is 4.45. The molecule has 1 aromatic heterocycles. The summed E-state index contributed by atoms with van der Waals surface area (Å²) in [5.74, 6) is 1.17. The lowest BCUT2D eigenvalue weighted by Crippen LogP contribution is -2.12. The molecule has 5 heteroatoms. The number of hydrogen-bond acceptors (Lipinski definition) is 4. The smallest absolute Gasteiger partial charge is 0.218 e. The Bertz CT molecular complexity index is 363. The molecule has 0 saturated heterocycles. The largest absolute Gasteiger partial charge is 0.477 e. The van der Waals surface area contributed by atoms with Gasteiger partial charge in [-0.2, -0.15) is 4.98 Å². The zero-order valence-electron chi connectivity index (χ0n) is 11.3. The first kappa shape index (κ1) is 15.6. The van der Waals surface area contributed by atoms with Gasteiger partial charge in [-0.25, -0.2) is 4.98 Å². The highest BCUT2D eigenvalue weighted by Crippen LogP contribution is 2.20. The predicted molar refractivity (Wildman–Crippen MR) is 77.6 cm³/mol. The van der Waals surface area contributed by atoms with Crippen molar-refractivity contribution in [2.45, 2.75) is 44.7 Å². The van der Waals surface area contributed by atoms with Gasteiger partial charge in [0.2, 0.25) is 5.88 Å². The minimum atomic E-state index is 0.436. The molecule has 1 aromatic rings. The molecule has 0 bridgehead atoms. The van der Waals surface area contributed by atoms with Crippen LogP contribution in [0.5, 0.6) is 5.88 Å². The number of rotatable bonds is 8. The van der Waals surface area contributed by atoms with E-state index in [9.17, 15) is 0 Å². The van der Waals surface area contributed by atoms with Gasteiger partial charge >= 0.3 is 0 Å². The maximum atomic E-state index is 5.92. The van der Waals surface area contributed by atoms with Gasteiger partial charge in [-0.1, -0.05) is 56.5 Å². The van der Waals surface area contributed by atoms with Gasteiger partial charge in [-0.3, -0.25) is 0 Å². The molecule has 0 fully saturated rings. The first-order chi connectivity index (χ1) is 8.69. The summed E-state index contributed by atoms with van der Waals surface area (Å²) >= 11 is 7.38. The maximum Gasteiger partial charge on any atom is 0.218 e. The summed E-state index contributed by atoms with van der Waals surface area (Å²) in [6, 6.07) is 1.67. The van der Waals surface area contributed by atoms with Gasteiger partial charge in [0, 0.05) is 6.07 Å². The zero-order chi connectivity index (χ0) is 13.4. The molecule has 0 aromatic carbocycles. The highest BCUT2D eigenvalue weighted by Gasteiger charge is 2.09. The van der Waals surface area contributed by atoms with Crippen LogP contribution in [0.15, 0.2) is 11.2 Å². The van der Waals surface area contributed by atoms with E-state index in [1.54, 1.807) is 6.07 Å². The average Bonchev–Trinajstić information content (AvgIpc) is 2.38. The van der Waals surface area contributed by atoms with E-state index in [0.29, 0.717) is 28.7 Å². The van der Waals surface area contributed by atoms with Crippen LogP contribution in [0, 0.1) is 5.92 Å². The van der Waals surface area contributed by atoms with Crippen LogP contribution in [-0.4, -0.2) is 22.8 Å². The Morgan fingerprint density at radius 2 is 2.17 bits per heavy atom. The van der Waals surface area contributed by atoms with Gasteiger partial charge < -0.3 is 4.74 Å². The highest BCUT2D eigenvalue weighted by atomic mass is 35.5. The summed E-state index contributed by atoms with van der Waals surface area (Å²) in [5, 5.41) is 1.09. The van der Waals surface area contributed by atoms with Crippen molar-refractivity contribution >= 4 is 23.4 Å². The Hall–Kier alpha value is -0.480. The van der Waals surface area contributed by atoms with Crippen molar-refractivity contribution in [1.29, 1.82) is 0 Å². The summed E-state index contributed by atoms with van der Waals surface area (Å²) in [7, 11) is 0. The van der Waals surface area contributed by atoms with Crippen molar-refractivity contribution in [1.82, 2.24) is 9.97 Å². The molecule has 0 aliphatic carbocycles. The van der Waals surface area contributed by atoms with E-state index in [4.69, 9.17) is 16.3 Å². The summed E-state index contributed by atoms with van der Waals surface area (Å²) in [4.78, 5) is 8.37. The number of aromatic nitrogens is 2. The van der Waals surface area contributed by atoms with Gasteiger partial charge in [-0.15, -0.1) is 0 Å². The number of thioether (sulfide) groups is 1. The van der Waals surface area contributed by atoms with Crippen LogP contribution in [0.25, 0.3) is 0 Å². The Labute approximate surface area is 119 Å². The first-order valence-corrected chi connectivity index (χ1v) is 8.01. The fourth-order valence-electron chi connectivity index (χ4n) is 1.64. The average molecular weight is 289 g/mol. The van der Waals surface area contributed by atoms with Crippen LogP contribution in [0.4, 0.5) is 0 Å². The summed E-state index contributed by atoms with van der Waals surface area (Å²) in [5.41, 5.74) is 0. The molecule has 1 heterocycles. The number of unbranched alkanes of at least 4 members (excludes halogenated alkanes) is 1. The number of ether oxygens (including phenoxy) is 1. The van der Waals surface area contributed by atoms with Gasteiger partial charge in [0.25, 0.3) is 0 Å². The molecule has 18 heavy (non-hydrogen) atoms. The molecule has 0 spiro atoms. The number of halogens is 1. The minimum absolute atomic E-state index is 0.436. The van der Waals surface area contributed by atoms with Crippen molar-refractivity contribution in [2.75, 3.05) is 12.9 Å². The van der Waals surface area contributed by atoms with Crippen LogP contribution < -0.4 is 4.74 Å². The van der Waals surface area contributed by atoms with Crippen molar-refractivity contribution in [3.05, 3.63) is 11.2 Å². The third-order valence-corrected chi connectivity index (χ3v) is 3.58. The molecule has 1 unspecified atom stereocenters. The molecular formula is C13H21ClN2OS. The molecular weight excluding hydrogens is 268 g/mol. The third-order valence-electron chi connectivity index (χ3n) is 2.84. The fraction of sp³-hybridized carbons (Fsp3) is 0.692. The van der Waals surface area contributed by atoms with Crippen molar-refractivity contribution in [3.63, 3.8) is 0 Å². The Balaban J connectivity index is 2.53. The van der Waals surface area contributed by atoms with E-state index in [0.717, 1.165) is 6.42 Å². The van der Waals surface area contributed by atoms with E-state index < -0.39 is 0 Å². The van der Waals surface area contributed by atoms with Crippen LogP contribution in [0.3, 0.4) is 0 Å². The third kappa shape index (κ3) is 5.44. The lowest BCUT2D eigenvalue weighted by molar-refractivity contribution is 0.224. The minimum Gasteiger partial charge on any atom is -0.477 e. The normalized spacial score (nSPS) is 12.4. The second-order valence-electron chi connectivity index (χ2n) is 4.24. The van der Waals surface area contributed by atoms with Crippen LogP contribution in [-0.2, 0) is 0 Å². The van der Waals surface area contributed by atoms with E-state index >= 15 is 0 Å². The van der Waals surface area contributed by atoms with Crippen molar-refractivity contribution < 1.29 is 4.74 Å². The van der Waals surface area contributed by atoms with Gasteiger partial charge in [0.15, 0.2) is 5.16 Å². The Kier molecular flexibility index (Phi) is 7.44. The molecule has 102 valence electrons. The molecule has 0 radical (unpaired) electrons. The lowest BCUT2D eigenvalue weighted by Gasteiger charge is -2.15. The van der Waals surface area contributed by atoms with E-state index in [-0.39, 0.29) is 0 Å². The highest BCUT2D eigenvalue weighted by molar-refractivity contribution is 7.98. The van der Waals surface area contributed by atoms with Gasteiger partial charge in [-0.05, 0) is 18.6 Å². The quantitative estimate of drug-likeness (QED) is 0.402. The molecule has 3 nitrogen and oxygen atoms in total. The molecule has 0 aliphatic rings. The van der Waals surface area contributed by atoms with Crippen LogP contribution >= 0.6 is 23.4 Å². The van der Waals surface area contributed by atoms with Crippen LogP contribution in [0.2, 0.25) is 5.15 Å². The number of hydrogen-bond donors (Lipinski definition) is 0. The van der Waals surface area contributed by atoms with Crippen molar-refractivity contribution in [2.24, 2.45) is 5.92 Å². The molecule has 1 atom stereocenters.